The normalized spacial score (nSPS) is 15.5. The van der Waals surface area contributed by atoms with Crippen molar-refractivity contribution < 1.29 is 19.0 Å². The van der Waals surface area contributed by atoms with Crippen LogP contribution in [0, 0.1) is 5.92 Å². The Balaban J connectivity index is 1.51. The number of hydrogen-bond donors (Lipinski definition) is 0. The monoisotopic (exact) mass is 301 g/mol. The zero-order chi connectivity index (χ0) is 15.4. The van der Waals surface area contributed by atoms with Crippen molar-refractivity contribution in [1.29, 1.82) is 0 Å². The molecule has 1 atom stereocenters. The fourth-order valence-corrected chi connectivity index (χ4v) is 2.45. The Morgan fingerprint density at radius 1 is 1.27 bits per heavy atom. The van der Waals surface area contributed by atoms with E-state index in [1.807, 2.05) is 30.3 Å². The van der Waals surface area contributed by atoms with Crippen molar-refractivity contribution in [3.8, 4) is 5.75 Å². The molecule has 1 saturated carbocycles. The summed E-state index contributed by atoms with van der Waals surface area (Å²) in [5.74, 6) is 0.767. The number of para-hydroxylation sites is 1. The van der Waals surface area contributed by atoms with Gasteiger partial charge in [0.05, 0.1) is 5.52 Å². The van der Waals surface area contributed by atoms with E-state index in [1.54, 1.807) is 13.3 Å². The number of ether oxygens (including phenoxy) is 3. The van der Waals surface area contributed by atoms with Crippen LogP contribution >= 0.6 is 0 Å². The fourth-order valence-electron chi connectivity index (χ4n) is 2.45. The topological polar surface area (TPSA) is 57.7 Å². The van der Waals surface area contributed by atoms with Gasteiger partial charge in [-0.3, -0.25) is 4.98 Å². The van der Waals surface area contributed by atoms with Crippen LogP contribution in [-0.2, 0) is 14.3 Å². The molecule has 1 aromatic heterocycles. The fraction of sp³-hybridized carbons (Fsp3) is 0.412. The molecule has 116 valence electrons. The SMILES string of the molecule is COC(C(=O)OCCOc1ccnc2ccccc12)C1CC1. The van der Waals surface area contributed by atoms with Crippen LogP contribution in [0.3, 0.4) is 0 Å². The molecule has 0 radical (unpaired) electrons. The van der Waals surface area contributed by atoms with Crippen molar-refractivity contribution in [2.45, 2.75) is 18.9 Å². The maximum absolute atomic E-state index is 11.9. The first-order valence-electron chi connectivity index (χ1n) is 7.45. The predicted octanol–water partition coefficient (Wildman–Crippen LogP) is 2.58. The molecule has 1 heterocycles. The highest BCUT2D eigenvalue weighted by molar-refractivity contribution is 5.84. The summed E-state index contributed by atoms with van der Waals surface area (Å²) < 4.78 is 16.1. The molecule has 0 amide bonds. The lowest BCUT2D eigenvalue weighted by atomic mass is 10.2. The number of nitrogens with zero attached hydrogens (tertiary/aromatic N) is 1. The summed E-state index contributed by atoms with van der Waals surface area (Å²) >= 11 is 0. The van der Waals surface area contributed by atoms with E-state index in [0.29, 0.717) is 12.5 Å². The molecule has 2 aromatic rings. The van der Waals surface area contributed by atoms with Gasteiger partial charge in [-0.05, 0) is 37.0 Å². The number of benzene rings is 1. The maximum atomic E-state index is 11.9. The highest BCUT2D eigenvalue weighted by atomic mass is 16.6. The molecule has 1 aliphatic rings. The van der Waals surface area contributed by atoms with E-state index in [0.717, 1.165) is 29.5 Å². The third kappa shape index (κ3) is 3.36. The van der Waals surface area contributed by atoms with Gasteiger partial charge in [0.15, 0.2) is 6.10 Å². The minimum absolute atomic E-state index is 0.210. The first-order valence-corrected chi connectivity index (χ1v) is 7.45. The van der Waals surface area contributed by atoms with Crippen LogP contribution in [0.1, 0.15) is 12.8 Å². The number of fused-ring (bicyclic) bond motifs is 1. The van der Waals surface area contributed by atoms with Crippen molar-refractivity contribution in [3.63, 3.8) is 0 Å². The Bertz CT molecular complexity index is 649. The number of esters is 1. The summed E-state index contributed by atoms with van der Waals surface area (Å²) in [4.78, 5) is 16.1. The second kappa shape index (κ2) is 6.75. The van der Waals surface area contributed by atoms with Crippen molar-refractivity contribution >= 4 is 16.9 Å². The van der Waals surface area contributed by atoms with Crippen molar-refractivity contribution in [3.05, 3.63) is 36.5 Å². The van der Waals surface area contributed by atoms with Crippen molar-refractivity contribution in [2.75, 3.05) is 20.3 Å². The number of carbonyl (C=O) groups is 1. The molecule has 0 spiro atoms. The Hall–Kier alpha value is -2.14. The molecular formula is C17H19NO4. The zero-order valence-corrected chi connectivity index (χ0v) is 12.5. The minimum atomic E-state index is -0.429. The largest absolute Gasteiger partial charge is 0.489 e. The van der Waals surface area contributed by atoms with Gasteiger partial charge in [-0.25, -0.2) is 4.79 Å². The number of methoxy groups -OCH3 is 1. The second-order valence-corrected chi connectivity index (χ2v) is 5.34. The predicted molar refractivity (Wildman–Crippen MR) is 81.7 cm³/mol. The third-order valence-electron chi connectivity index (χ3n) is 3.73. The van der Waals surface area contributed by atoms with Gasteiger partial charge in [-0.15, -0.1) is 0 Å². The molecule has 1 aromatic carbocycles. The van der Waals surface area contributed by atoms with Gasteiger partial charge in [0, 0.05) is 18.7 Å². The van der Waals surface area contributed by atoms with Gasteiger partial charge in [0.2, 0.25) is 0 Å². The van der Waals surface area contributed by atoms with E-state index < -0.39 is 6.10 Å². The number of pyridine rings is 1. The summed E-state index contributed by atoms with van der Waals surface area (Å²) in [6.45, 7) is 0.517. The first kappa shape index (κ1) is 14.8. The average Bonchev–Trinajstić information content (AvgIpc) is 3.37. The van der Waals surface area contributed by atoms with Gasteiger partial charge in [0.1, 0.15) is 19.0 Å². The average molecular weight is 301 g/mol. The lowest BCUT2D eigenvalue weighted by Crippen LogP contribution is -2.28. The van der Waals surface area contributed by atoms with E-state index in [1.165, 1.54) is 0 Å². The van der Waals surface area contributed by atoms with E-state index in [2.05, 4.69) is 4.98 Å². The Kier molecular flexibility index (Phi) is 4.53. The molecule has 0 N–H and O–H groups in total. The van der Waals surface area contributed by atoms with Gasteiger partial charge in [-0.2, -0.15) is 0 Å². The van der Waals surface area contributed by atoms with Crippen LogP contribution in [0.2, 0.25) is 0 Å². The van der Waals surface area contributed by atoms with E-state index in [-0.39, 0.29) is 12.6 Å². The minimum Gasteiger partial charge on any atom is -0.489 e. The van der Waals surface area contributed by atoms with Gasteiger partial charge >= 0.3 is 5.97 Å². The third-order valence-corrected chi connectivity index (χ3v) is 3.73. The second-order valence-electron chi connectivity index (χ2n) is 5.34. The number of rotatable bonds is 7. The summed E-state index contributed by atoms with van der Waals surface area (Å²) in [5.41, 5.74) is 0.880. The quantitative estimate of drug-likeness (QED) is 0.581. The van der Waals surface area contributed by atoms with E-state index in [9.17, 15) is 4.79 Å². The molecule has 1 aliphatic carbocycles. The lowest BCUT2D eigenvalue weighted by molar-refractivity contribution is -0.157. The molecule has 5 nitrogen and oxygen atoms in total. The zero-order valence-electron chi connectivity index (χ0n) is 12.5. The molecule has 1 unspecified atom stereocenters. The standard InChI is InChI=1S/C17H19NO4/c1-20-16(12-6-7-12)17(19)22-11-10-21-15-8-9-18-14-5-3-2-4-13(14)15/h2-5,8-9,12,16H,6-7,10-11H2,1H3. The molecule has 0 bridgehead atoms. The van der Waals surface area contributed by atoms with Crippen LogP contribution in [0.15, 0.2) is 36.5 Å². The smallest absolute Gasteiger partial charge is 0.335 e. The number of hydrogen-bond acceptors (Lipinski definition) is 5. The van der Waals surface area contributed by atoms with Gasteiger partial charge in [-0.1, -0.05) is 12.1 Å². The molecule has 3 rings (SSSR count). The number of aromatic nitrogens is 1. The Morgan fingerprint density at radius 3 is 2.86 bits per heavy atom. The molecule has 0 aliphatic heterocycles. The summed E-state index contributed by atoms with van der Waals surface area (Å²) in [6.07, 6.45) is 3.35. The van der Waals surface area contributed by atoms with Crippen molar-refractivity contribution in [2.24, 2.45) is 5.92 Å². The molecule has 5 heteroatoms. The van der Waals surface area contributed by atoms with E-state index >= 15 is 0 Å². The van der Waals surface area contributed by atoms with Gasteiger partial charge in [0.25, 0.3) is 0 Å². The van der Waals surface area contributed by atoms with Crippen LogP contribution in [0.5, 0.6) is 5.75 Å². The highest BCUT2D eigenvalue weighted by Crippen LogP contribution is 2.34. The number of carbonyl (C=O) groups excluding carboxylic acids is 1. The first-order chi connectivity index (χ1) is 10.8. The van der Waals surface area contributed by atoms with Crippen LogP contribution < -0.4 is 4.74 Å². The highest BCUT2D eigenvalue weighted by Gasteiger charge is 2.37. The molecule has 1 fully saturated rings. The van der Waals surface area contributed by atoms with Gasteiger partial charge < -0.3 is 14.2 Å². The van der Waals surface area contributed by atoms with Crippen LogP contribution in [0.25, 0.3) is 10.9 Å². The summed E-state index contributed by atoms with van der Waals surface area (Å²) in [7, 11) is 1.55. The summed E-state index contributed by atoms with van der Waals surface area (Å²) in [5, 5.41) is 0.948. The Labute approximate surface area is 129 Å². The lowest BCUT2D eigenvalue weighted by Gasteiger charge is -2.14. The Morgan fingerprint density at radius 2 is 2.09 bits per heavy atom. The molecule has 22 heavy (non-hydrogen) atoms. The maximum Gasteiger partial charge on any atom is 0.335 e. The van der Waals surface area contributed by atoms with E-state index in [4.69, 9.17) is 14.2 Å². The van der Waals surface area contributed by atoms with Crippen molar-refractivity contribution in [1.82, 2.24) is 4.98 Å². The molecular weight excluding hydrogens is 282 g/mol. The van der Waals surface area contributed by atoms with Crippen LogP contribution in [-0.4, -0.2) is 37.4 Å². The van der Waals surface area contributed by atoms with Crippen LogP contribution in [0.4, 0.5) is 0 Å². The summed E-state index contributed by atoms with van der Waals surface area (Å²) in [6, 6.07) is 9.57. The molecule has 0 saturated heterocycles.